The fourth-order valence-electron chi connectivity index (χ4n) is 2.16. The number of benzene rings is 1. The van der Waals surface area contributed by atoms with Gasteiger partial charge in [0.2, 0.25) is 0 Å². The van der Waals surface area contributed by atoms with E-state index in [1.165, 1.54) is 0 Å². The van der Waals surface area contributed by atoms with E-state index in [4.69, 9.17) is 0 Å². The lowest BCUT2D eigenvalue weighted by molar-refractivity contribution is -0.385. The van der Waals surface area contributed by atoms with Gasteiger partial charge in [-0.05, 0) is 6.07 Å². The van der Waals surface area contributed by atoms with Crippen molar-refractivity contribution in [2.45, 2.75) is 0 Å². The first-order chi connectivity index (χ1) is 10.1. The number of amides is 1. The van der Waals surface area contributed by atoms with Crippen LogP contribution in [0.2, 0.25) is 0 Å². The van der Waals surface area contributed by atoms with Crippen molar-refractivity contribution in [1.82, 2.24) is 15.5 Å². The summed E-state index contributed by atoms with van der Waals surface area (Å²) in [5.41, 5.74) is -0.550. The summed E-state index contributed by atoms with van der Waals surface area (Å²) in [4.78, 5) is 23.8. The molecule has 0 aromatic heterocycles. The van der Waals surface area contributed by atoms with Crippen LogP contribution in [-0.4, -0.2) is 55.0 Å². The van der Waals surface area contributed by atoms with Gasteiger partial charge in [0.1, 0.15) is 5.82 Å². The smallest absolute Gasteiger partial charge is 0.272 e. The predicted octanol–water partition coefficient (Wildman–Crippen LogP) is 0.369. The fraction of sp³-hybridized carbons (Fsp3) is 0.462. The lowest BCUT2D eigenvalue weighted by atomic mass is 10.2. The number of carbonyl (C=O) groups is 1. The molecule has 7 nitrogen and oxygen atoms in total. The maximum Gasteiger partial charge on any atom is 0.272 e. The van der Waals surface area contributed by atoms with E-state index in [9.17, 15) is 19.3 Å². The minimum Gasteiger partial charge on any atom is -0.351 e. The summed E-state index contributed by atoms with van der Waals surface area (Å²) in [5, 5.41) is 16.4. The molecule has 1 aromatic rings. The van der Waals surface area contributed by atoms with Crippen molar-refractivity contribution in [3.05, 3.63) is 39.7 Å². The number of carbonyl (C=O) groups excluding carboxylic acids is 1. The molecule has 1 saturated heterocycles. The average Bonchev–Trinajstić information content (AvgIpc) is 2.48. The third-order valence-electron chi connectivity index (χ3n) is 3.33. The van der Waals surface area contributed by atoms with Crippen LogP contribution in [-0.2, 0) is 0 Å². The van der Waals surface area contributed by atoms with E-state index >= 15 is 0 Å². The summed E-state index contributed by atoms with van der Waals surface area (Å²) < 4.78 is 13.7. The number of nitrogens with one attached hydrogen (secondary N) is 2. The number of hydrogen-bond donors (Lipinski definition) is 2. The molecule has 0 saturated carbocycles. The monoisotopic (exact) mass is 296 g/mol. The van der Waals surface area contributed by atoms with Gasteiger partial charge in [-0.3, -0.25) is 19.8 Å². The van der Waals surface area contributed by atoms with Gasteiger partial charge in [0.25, 0.3) is 11.6 Å². The molecular weight excluding hydrogens is 279 g/mol. The topological polar surface area (TPSA) is 87.5 Å². The lowest BCUT2D eigenvalue weighted by Crippen LogP contribution is -2.46. The van der Waals surface area contributed by atoms with E-state index in [2.05, 4.69) is 15.5 Å². The van der Waals surface area contributed by atoms with Crippen LogP contribution in [0.3, 0.4) is 0 Å². The Labute approximate surface area is 121 Å². The van der Waals surface area contributed by atoms with E-state index in [1.54, 1.807) is 0 Å². The maximum absolute atomic E-state index is 13.7. The van der Waals surface area contributed by atoms with Crippen LogP contribution in [0, 0.1) is 15.9 Å². The minimum atomic E-state index is -0.885. The van der Waals surface area contributed by atoms with Crippen molar-refractivity contribution in [2.24, 2.45) is 0 Å². The van der Waals surface area contributed by atoms with Crippen molar-refractivity contribution in [1.29, 1.82) is 0 Å². The molecule has 0 unspecified atom stereocenters. The number of piperazine rings is 1. The summed E-state index contributed by atoms with van der Waals surface area (Å²) in [6.45, 7) is 4.79. The molecule has 8 heteroatoms. The molecule has 21 heavy (non-hydrogen) atoms. The highest BCUT2D eigenvalue weighted by molar-refractivity contribution is 5.94. The second kappa shape index (κ2) is 7.09. The molecule has 0 spiro atoms. The Hall–Kier alpha value is -2.06. The van der Waals surface area contributed by atoms with Crippen LogP contribution in [0.5, 0.6) is 0 Å². The van der Waals surface area contributed by atoms with Gasteiger partial charge in [-0.15, -0.1) is 0 Å². The quantitative estimate of drug-likeness (QED) is 0.605. The van der Waals surface area contributed by atoms with E-state index in [0.717, 1.165) is 44.4 Å². The molecule has 2 N–H and O–H groups in total. The molecule has 0 aliphatic carbocycles. The molecular formula is C13H17FN4O3. The molecule has 1 aliphatic rings. The molecule has 1 fully saturated rings. The Morgan fingerprint density at radius 1 is 1.43 bits per heavy atom. The van der Waals surface area contributed by atoms with E-state index in [1.807, 2.05) is 0 Å². The number of nitro groups is 1. The number of non-ortho nitro benzene ring substituents is 1. The lowest BCUT2D eigenvalue weighted by Gasteiger charge is -2.27. The first kappa shape index (κ1) is 15.3. The minimum absolute atomic E-state index is 0.180. The van der Waals surface area contributed by atoms with E-state index in [-0.39, 0.29) is 11.3 Å². The summed E-state index contributed by atoms with van der Waals surface area (Å²) in [6.07, 6.45) is 0. The summed E-state index contributed by atoms with van der Waals surface area (Å²) in [6, 6.07) is 3.01. The van der Waals surface area contributed by atoms with Crippen molar-refractivity contribution in [3.8, 4) is 0 Å². The number of halogens is 1. The summed E-state index contributed by atoms with van der Waals surface area (Å²) in [7, 11) is 0. The molecule has 1 aromatic carbocycles. The van der Waals surface area contributed by atoms with Gasteiger partial charge < -0.3 is 10.6 Å². The Morgan fingerprint density at radius 2 is 2.14 bits per heavy atom. The number of nitro benzene ring substituents is 1. The third kappa shape index (κ3) is 4.20. The average molecular weight is 296 g/mol. The highest BCUT2D eigenvalue weighted by Gasteiger charge is 2.16. The third-order valence-corrected chi connectivity index (χ3v) is 3.33. The van der Waals surface area contributed by atoms with Gasteiger partial charge in [-0.25, -0.2) is 4.39 Å². The van der Waals surface area contributed by atoms with Gasteiger partial charge in [0.15, 0.2) is 0 Å². The SMILES string of the molecule is O=C(NCCN1CCNCC1)c1ccc([N+](=O)[O-])cc1F. The zero-order valence-corrected chi connectivity index (χ0v) is 11.5. The van der Waals surface area contributed by atoms with Crippen LogP contribution >= 0.6 is 0 Å². The number of rotatable bonds is 5. The van der Waals surface area contributed by atoms with Crippen molar-refractivity contribution >= 4 is 11.6 Å². The maximum atomic E-state index is 13.7. The fourth-order valence-corrected chi connectivity index (χ4v) is 2.16. The van der Waals surface area contributed by atoms with E-state index in [0.29, 0.717) is 13.1 Å². The molecule has 0 radical (unpaired) electrons. The highest BCUT2D eigenvalue weighted by atomic mass is 19.1. The van der Waals surface area contributed by atoms with Crippen molar-refractivity contribution in [3.63, 3.8) is 0 Å². The Morgan fingerprint density at radius 3 is 2.76 bits per heavy atom. The standard InChI is InChI=1S/C13H17FN4O3/c14-12-9-10(18(20)21)1-2-11(12)13(19)16-5-8-17-6-3-15-4-7-17/h1-2,9,15H,3-8H2,(H,16,19). The largest absolute Gasteiger partial charge is 0.351 e. The van der Waals surface area contributed by atoms with Crippen LogP contribution in [0.25, 0.3) is 0 Å². The van der Waals surface area contributed by atoms with Crippen molar-refractivity contribution in [2.75, 3.05) is 39.3 Å². The van der Waals surface area contributed by atoms with Gasteiger partial charge in [0, 0.05) is 45.3 Å². The van der Waals surface area contributed by atoms with Gasteiger partial charge >= 0.3 is 0 Å². The summed E-state index contributed by atoms with van der Waals surface area (Å²) in [5.74, 6) is -1.44. The molecule has 1 amide bonds. The molecule has 1 aliphatic heterocycles. The van der Waals surface area contributed by atoms with Gasteiger partial charge in [-0.1, -0.05) is 0 Å². The van der Waals surface area contributed by atoms with Crippen LogP contribution in [0.15, 0.2) is 18.2 Å². The normalized spacial score (nSPS) is 15.7. The van der Waals surface area contributed by atoms with Gasteiger partial charge in [-0.2, -0.15) is 0 Å². The number of hydrogen-bond acceptors (Lipinski definition) is 5. The predicted molar refractivity (Wildman–Crippen MR) is 74.7 cm³/mol. The molecule has 0 atom stereocenters. The first-order valence-electron chi connectivity index (χ1n) is 6.73. The Bertz CT molecular complexity index is 532. The summed E-state index contributed by atoms with van der Waals surface area (Å²) >= 11 is 0. The number of nitrogens with zero attached hydrogens (tertiary/aromatic N) is 2. The molecule has 0 bridgehead atoms. The van der Waals surface area contributed by atoms with Crippen LogP contribution in [0.4, 0.5) is 10.1 Å². The second-order valence-electron chi connectivity index (χ2n) is 4.77. The molecule has 2 rings (SSSR count). The van der Waals surface area contributed by atoms with Crippen LogP contribution < -0.4 is 10.6 Å². The zero-order chi connectivity index (χ0) is 15.2. The van der Waals surface area contributed by atoms with E-state index < -0.39 is 16.6 Å². The first-order valence-corrected chi connectivity index (χ1v) is 6.73. The highest BCUT2D eigenvalue weighted by Crippen LogP contribution is 2.16. The van der Waals surface area contributed by atoms with Gasteiger partial charge in [0.05, 0.1) is 16.6 Å². The van der Waals surface area contributed by atoms with Crippen LogP contribution in [0.1, 0.15) is 10.4 Å². The second-order valence-corrected chi connectivity index (χ2v) is 4.77. The van der Waals surface area contributed by atoms with Crippen molar-refractivity contribution < 1.29 is 14.1 Å². The molecule has 1 heterocycles. The Kier molecular flexibility index (Phi) is 5.18. The zero-order valence-electron chi connectivity index (χ0n) is 11.5. The Balaban J connectivity index is 1.86. The molecule has 114 valence electrons.